The number of aromatic amines is 2. The monoisotopic (exact) mass is 633 g/mol. The minimum atomic E-state index is 0.0707. The van der Waals surface area contributed by atoms with E-state index in [0.717, 1.165) is 23.0 Å². The first kappa shape index (κ1) is 43.9. The zero-order chi connectivity index (χ0) is 36.2. The fourth-order valence-corrected chi connectivity index (χ4v) is 2.62. The summed E-state index contributed by atoms with van der Waals surface area (Å²) in [5, 5.41) is 10.7. The number of rotatable bonds is 4. The molecule has 4 rings (SSSR count). The van der Waals surface area contributed by atoms with E-state index in [1.54, 1.807) is 49.1 Å². The number of nitrogens with one attached hydrogen (secondary N) is 2. The molecule has 0 spiro atoms. The number of hydrogen-bond acceptors (Lipinski definition) is 4. The number of aromatic nitrogens is 8. The molecule has 0 aliphatic heterocycles. The minimum absolute atomic E-state index is 0.0707. The van der Waals surface area contributed by atoms with Gasteiger partial charge in [0.2, 0.25) is 0 Å². The van der Waals surface area contributed by atoms with Crippen LogP contribution in [0.25, 0.3) is 24.3 Å². The predicted molar refractivity (Wildman–Crippen MR) is 202 cm³/mol. The molecule has 46 heavy (non-hydrogen) atoms. The summed E-state index contributed by atoms with van der Waals surface area (Å²) in [6.07, 6.45) is 17.8. The molecule has 0 saturated carbocycles. The van der Waals surface area contributed by atoms with Gasteiger partial charge in [-0.1, -0.05) is 81.7 Å². The highest BCUT2D eigenvalue weighted by Crippen LogP contribution is 2.16. The molecule has 0 radical (unpaired) electrons. The molecule has 256 valence electrons. The second-order valence-electron chi connectivity index (χ2n) is 15.5. The molecule has 4 heterocycles. The lowest BCUT2D eigenvalue weighted by molar-refractivity contribution is 0.355. The van der Waals surface area contributed by atoms with Gasteiger partial charge in [-0.2, -0.15) is 10.2 Å². The maximum atomic E-state index is 4.30. The van der Waals surface area contributed by atoms with Crippen LogP contribution in [0.5, 0.6) is 0 Å². The van der Waals surface area contributed by atoms with Crippen LogP contribution in [-0.2, 0) is 11.1 Å². The van der Waals surface area contributed by atoms with Crippen LogP contribution in [0.15, 0.2) is 75.6 Å². The lowest BCUT2D eigenvalue weighted by atomic mass is 10.0. The molecule has 8 heteroatoms. The van der Waals surface area contributed by atoms with Gasteiger partial charge in [0.05, 0.1) is 16.9 Å². The Kier molecular flexibility index (Phi) is 19.8. The average Bonchev–Trinajstić information content (AvgIpc) is 3.74. The lowest BCUT2D eigenvalue weighted by Crippen LogP contribution is -2.22. The van der Waals surface area contributed by atoms with E-state index in [1.807, 2.05) is 29.2 Å². The zero-order valence-corrected chi connectivity index (χ0v) is 31.4. The van der Waals surface area contributed by atoms with E-state index in [1.165, 1.54) is 0 Å². The Bertz CT molecular complexity index is 1280. The lowest BCUT2D eigenvalue weighted by Gasteiger charge is -2.22. The third-order valence-corrected chi connectivity index (χ3v) is 4.54. The van der Waals surface area contributed by atoms with Crippen LogP contribution in [-0.4, -0.2) is 39.5 Å². The Labute approximate surface area is 280 Å². The van der Waals surface area contributed by atoms with Gasteiger partial charge in [0.25, 0.3) is 0 Å². The van der Waals surface area contributed by atoms with Gasteiger partial charge in [-0.25, -0.2) is 9.97 Å². The average molecular weight is 633 g/mol. The molecule has 0 amide bonds. The Hall–Kier alpha value is -4.20. The van der Waals surface area contributed by atoms with E-state index in [2.05, 4.69) is 158 Å². The molecule has 0 atom stereocenters. The van der Waals surface area contributed by atoms with Crippen LogP contribution < -0.4 is 0 Å². The molecule has 0 aromatic carbocycles. The minimum Gasteiger partial charge on any atom is -0.345 e. The van der Waals surface area contributed by atoms with E-state index < -0.39 is 0 Å². The van der Waals surface area contributed by atoms with Gasteiger partial charge in [-0.15, -0.1) is 0 Å². The van der Waals surface area contributed by atoms with Crippen molar-refractivity contribution < 1.29 is 0 Å². The number of H-pyrrole nitrogens is 2. The van der Waals surface area contributed by atoms with Crippen LogP contribution >= 0.6 is 0 Å². The van der Waals surface area contributed by atoms with Crippen molar-refractivity contribution in [2.45, 2.75) is 108 Å². The summed E-state index contributed by atoms with van der Waals surface area (Å²) in [5.41, 5.74) is 3.06. The summed E-state index contributed by atoms with van der Waals surface area (Å²) in [6, 6.07) is 3.81. The summed E-state index contributed by atoms with van der Waals surface area (Å²) < 4.78 is 4.03. The van der Waals surface area contributed by atoms with E-state index in [-0.39, 0.29) is 11.1 Å². The SMILES string of the molecule is C=Cc1ccn(C(C)(C)C)n1.C=Cc1ccn[nH]1.C=Cc1ncc[nH]1.C=Cc1nccn1C(C)(C)C.CC(C)(C)C.CC(C)(C)C. The van der Waals surface area contributed by atoms with Gasteiger partial charge in [-0.3, -0.25) is 9.78 Å². The van der Waals surface area contributed by atoms with E-state index in [9.17, 15) is 0 Å². The predicted octanol–water partition coefficient (Wildman–Crippen LogP) is 10.8. The molecule has 0 saturated heterocycles. The maximum absolute atomic E-state index is 4.30. The fraction of sp³-hybridized carbons (Fsp3) is 0.474. The molecule has 4 aromatic heterocycles. The van der Waals surface area contributed by atoms with Crippen molar-refractivity contribution in [3.63, 3.8) is 0 Å². The zero-order valence-electron chi connectivity index (χ0n) is 31.4. The van der Waals surface area contributed by atoms with E-state index >= 15 is 0 Å². The van der Waals surface area contributed by atoms with Crippen molar-refractivity contribution in [3.05, 3.63) is 98.7 Å². The van der Waals surface area contributed by atoms with Crippen LogP contribution in [0.3, 0.4) is 0 Å². The van der Waals surface area contributed by atoms with Crippen molar-refractivity contribution >= 4 is 24.3 Å². The quantitative estimate of drug-likeness (QED) is 0.234. The van der Waals surface area contributed by atoms with E-state index in [0.29, 0.717) is 10.8 Å². The van der Waals surface area contributed by atoms with Crippen molar-refractivity contribution in [3.8, 4) is 0 Å². The normalized spacial score (nSPS) is 10.7. The third kappa shape index (κ3) is 25.2. The van der Waals surface area contributed by atoms with Crippen molar-refractivity contribution in [2.24, 2.45) is 10.8 Å². The standard InChI is InChI=1S/2C9H14N2.2C5H6N2.2C5H12/c1-5-8-10-6-7-11(8)9(2,3)4;1-5-8-6-7-11(10-8)9(2,3)4;1-2-5-6-3-4-7-5;1-2-5-3-4-6-7-5;2*1-5(2,3)4/h2*5-7H,1H2,2-4H3;2*2-4H,1H2,(H,6,7);2*1-4H3. The first-order valence-electron chi connectivity index (χ1n) is 15.5. The van der Waals surface area contributed by atoms with Gasteiger partial charge >= 0.3 is 0 Å². The molecule has 8 nitrogen and oxygen atoms in total. The molecule has 2 N–H and O–H groups in total. The number of hydrogen-bond donors (Lipinski definition) is 2. The van der Waals surface area contributed by atoms with Crippen molar-refractivity contribution in [1.29, 1.82) is 0 Å². The smallest absolute Gasteiger partial charge is 0.132 e. The second kappa shape index (κ2) is 20.8. The highest BCUT2D eigenvalue weighted by molar-refractivity contribution is 5.40. The molecule has 4 aromatic rings. The van der Waals surface area contributed by atoms with Crippen molar-refractivity contribution in [2.75, 3.05) is 0 Å². The third-order valence-electron chi connectivity index (χ3n) is 4.54. The Morgan fingerprint density at radius 1 is 0.630 bits per heavy atom. The Morgan fingerprint density at radius 3 is 1.43 bits per heavy atom. The molecule has 0 fully saturated rings. The Balaban J connectivity index is 0. The summed E-state index contributed by atoms with van der Waals surface area (Å²) in [7, 11) is 0. The summed E-state index contributed by atoms with van der Waals surface area (Å²) in [6.45, 7) is 44.7. The van der Waals surface area contributed by atoms with Gasteiger partial charge < -0.3 is 9.55 Å². The van der Waals surface area contributed by atoms with Crippen LogP contribution in [0, 0.1) is 10.8 Å². The highest BCUT2D eigenvalue weighted by atomic mass is 15.3. The molecule has 0 aliphatic rings. The van der Waals surface area contributed by atoms with Gasteiger partial charge in [-0.05, 0) is 88.8 Å². The molecule has 0 aliphatic carbocycles. The highest BCUT2D eigenvalue weighted by Gasteiger charge is 2.14. The van der Waals surface area contributed by atoms with Gasteiger partial charge in [0.15, 0.2) is 0 Å². The van der Waals surface area contributed by atoms with Crippen LogP contribution in [0.2, 0.25) is 0 Å². The molecule has 0 bridgehead atoms. The van der Waals surface area contributed by atoms with Crippen LogP contribution in [0.1, 0.15) is 120 Å². The van der Waals surface area contributed by atoms with Crippen molar-refractivity contribution in [1.82, 2.24) is 39.5 Å². The first-order valence-corrected chi connectivity index (χ1v) is 15.5. The second-order valence-corrected chi connectivity index (χ2v) is 15.5. The van der Waals surface area contributed by atoms with E-state index in [4.69, 9.17) is 0 Å². The Morgan fingerprint density at radius 2 is 1.20 bits per heavy atom. The van der Waals surface area contributed by atoms with Gasteiger partial charge in [0.1, 0.15) is 11.6 Å². The summed E-state index contributed by atoms with van der Waals surface area (Å²) >= 11 is 0. The molecular formula is C38H64N8. The topological polar surface area (TPSA) is 93.0 Å². The van der Waals surface area contributed by atoms with Crippen LogP contribution in [0.4, 0.5) is 0 Å². The largest absolute Gasteiger partial charge is 0.345 e. The van der Waals surface area contributed by atoms with Gasteiger partial charge in [0, 0.05) is 42.7 Å². The molecular weight excluding hydrogens is 568 g/mol. The summed E-state index contributed by atoms with van der Waals surface area (Å²) in [5.74, 6) is 1.75. The molecule has 0 unspecified atom stereocenters. The maximum Gasteiger partial charge on any atom is 0.132 e. The fourth-order valence-electron chi connectivity index (χ4n) is 2.62. The first-order chi connectivity index (χ1) is 21.0. The number of nitrogens with zero attached hydrogens (tertiary/aromatic N) is 6. The summed E-state index contributed by atoms with van der Waals surface area (Å²) in [4.78, 5) is 10.9. The number of imidazole rings is 2.